The maximum atomic E-state index is 11.6. The number of allylic oxidation sites excluding steroid dienone is 2. The number of unbranched alkanes of at least 4 members (excludes halogenated alkanes) is 3. The van der Waals surface area contributed by atoms with E-state index in [1.807, 2.05) is 19.0 Å². The zero-order valence-corrected chi connectivity index (χ0v) is 10.3. The monoisotopic (exact) mass is 209 g/mol. The molecule has 0 unspecified atom stereocenters. The van der Waals surface area contributed by atoms with Gasteiger partial charge in [0.15, 0.2) is 5.78 Å². The Morgan fingerprint density at radius 1 is 1.13 bits per heavy atom. The molecule has 2 nitrogen and oxygen atoms in total. The summed E-state index contributed by atoms with van der Waals surface area (Å²) in [5, 5.41) is 0. The number of hydrogen-bond acceptors (Lipinski definition) is 2. The molecule has 0 aromatic carbocycles. The van der Waals surface area contributed by atoms with Crippen molar-refractivity contribution >= 4 is 5.78 Å². The van der Waals surface area contributed by atoms with E-state index >= 15 is 0 Å². The van der Waals surface area contributed by atoms with E-state index in [4.69, 9.17) is 0 Å². The molecule has 0 amide bonds. The SMILES string of the molecule is CCCCCCC1=C(N(C)C)C(=O)CC1. The number of nitrogens with zero attached hydrogens (tertiary/aromatic N) is 1. The first-order chi connectivity index (χ1) is 7.16. The normalized spacial score (nSPS) is 16.3. The summed E-state index contributed by atoms with van der Waals surface area (Å²) >= 11 is 0. The van der Waals surface area contributed by atoms with E-state index in [-0.39, 0.29) is 0 Å². The van der Waals surface area contributed by atoms with Crippen molar-refractivity contribution in [3.63, 3.8) is 0 Å². The van der Waals surface area contributed by atoms with Gasteiger partial charge < -0.3 is 4.90 Å². The van der Waals surface area contributed by atoms with Crippen LogP contribution in [0, 0.1) is 0 Å². The lowest BCUT2D eigenvalue weighted by atomic mass is 10.1. The van der Waals surface area contributed by atoms with Crippen LogP contribution in [0.1, 0.15) is 51.9 Å². The molecule has 2 heteroatoms. The Bertz CT molecular complexity index is 253. The zero-order valence-electron chi connectivity index (χ0n) is 10.3. The topological polar surface area (TPSA) is 20.3 Å². The second-order valence-electron chi connectivity index (χ2n) is 4.58. The van der Waals surface area contributed by atoms with Crippen LogP contribution >= 0.6 is 0 Å². The fourth-order valence-electron chi connectivity index (χ4n) is 2.27. The summed E-state index contributed by atoms with van der Waals surface area (Å²) in [4.78, 5) is 13.6. The predicted molar refractivity (Wildman–Crippen MR) is 63.7 cm³/mol. The molecule has 1 aliphatic rings. The average molecular weight is 209 g/mol. The minimum atomic E-state index is 0.338. The van der Waals surface area contributed by atoms with Crippen molar-refractivity contribution in [3.8, 4) is 0 Å². The number of carbonyl (C=O) groups is 1. The lowest BCUT2D eigenvalue weighted by molar-refractivity contribution is -0.116. The smallest absolute Gasteiger partial charge is 0.179 e. The molecular weight excluding hydrogens is 186 g/mol. The first-order valence-corrected chi connectivity index (χ1v) is 6.09. The van der Waals surface area contributed by atoms with Crippen LogP contribution in [-0.4, -0.2) is 24.8 Å². The van der Waals surface area contributed by atoms with E-state index in [0.717, 1.165) is 25.0 Å². The molecule has 0 N–H and O–H groups in total. The summed E-state index contributed by atoms with van der Waals surface area (Å²) < 4.78 is 0. The van der Waals surface area contributed by atoms with Gasteiger partial charge in [-0.15, -0.1) is 0 Å². The van der Waals surface area contributed by atoms with Gasteiger partial charge in [-0.1, -0.05) is 26.2 Å². The third-order valence-electron chi connectivity index (χ3n) is 3.03. The Morgan fingerprint density at radius 2 is 1.87 bits per heavy atom. The molecule has 0 aromatic rings. The van der Waals surface area contributed by atoms with Crippen molar-refractivity contribution in [1.82, 2.24) is 4.90 Å². The highest BCUT2D eigenvalue weighted by Gasteiger charge is 2.23. The molecule has 0 aliphatic heterocycles. The molecule has 0 heterocycles. The van der Waals surface area contributed by atoms with Gasteiger partial charge in [0, 0.05) is 20.5 Å². The zero-order chi connectivity index (χ0) is 11.3. The number of rotatable bonds is 6. The summed E-state index contributed by atoms with van der Waals surface area (Å²) in [7, 11) is 3.95. The van der Waals surface area contributed by atoms with Crippen LogP contribution in [0.25, 0.3) is 0 Å². The van der Waals surface area contributed by atoms with Crippen LogP contribution in [0.4, 0.5) is 0 Å². The molecule has 0 saturated carbocycles. The van der Waals surface area contributed by atoms with Crippen LogP contribution in [0.15, 0.2) is 11.3 Å². The lowest BCUT2D eigenvalue weighted by Crippen LogP contribution is -2.17. The lowest BCUT2D eigenvalue weighted by Gasteiger charge is -2.15. The van der Waals surface area contributed by atoms with Crippen molar-refractivity contribution in [3.05, 3.63) is 11.3 Å². The van der Waals surface area contributed by atoms with Gasteiger partial charge >= 0.3 is 0 Å². The summed E-state index contributed by atoms with van der Waals surface area (Å²) in [6.45, 7) is 2.23. The van der Waals surface area contributed by atoms with Gasteiger partial charge in [0.1, 0.15) is 0 Å². The van der Waals surface area contributed by atoms with E-state index in [9.17, 15) is 4.79 Å². The number of Topliss-reactive ketones (excluding diaryl/α,β-unsaturated/α-hetero) is 1. The van der Waals surface area contributed by atoms with Gasteiger partial charge in [-0.05, 0) is 24.8 Å². The first-order valence-electron chi connectivity index (χ1n) is 6.09. The van der Waals surface area contributed by atoms with E-state index in [1.165, 1.54) is 31.3 Å². The Balaban J connectivity index is 2.47. The van der Waals surface area contributed by atoms with Crippen LogP contribution < -0.4 is 0 Å². The molecule has 0 bridgehead atoms. The average Bonchev–Trinajstić information content (AvgIpc) is 2.54. The second-order valence-corrected chi connectivity index (χ2v) is 4.58. The Kier molecular flexibility index (Phi) is 4.86. The molecule has 1 aliphatic carbocycles. The Morgan fingerprint density at radius 3 is 2.47 bits per heavy atom. The van der Waals surface area contributed by atoms with Gasteiger partial charge in [0.25, 0.3) is 0 Å². The third-order valence-corrected chi connectivity index (χ3v) is 3.03. The van der Waals surface area contributed by atoms with Crippen LogP contribution in [0.2, 0.25) is 0 Å². The maximum Gasteiger partial charge on any atom is 0.179 e. The largest absolute Gasteiger partial charge is 0.375 e. The van der Waals surface area contributed by atoms with Crippen LogP contribution in [0.3, 0.4) is 0 Å². The van der Waals surface area contributed by atoms with Crippen LogP contribution in [-0.2, 0) is 4.79 Å². The second kappa shape index (κ2) is 5.94. The Hall–Kier alpha value is -0.790. The summed E-state index contributed by atoms with van der Waals surface area (Å²) in [6.07, 6.45) is 7.99. The first kappa shape index (κ1) is 12.3. The molecule has 0 saturated heterocycles. The predicted octanol–water partition coefficient (Wildman–Crippen LogP) is 3.14. The van der Waals surface area contributed by atoms with E-state index in [1.54, 1.807) is 0 Å². The molecule has 0 spiro atoms. The molecule has 86 valence electrons. The molecule has 15 heavy (non-hydrogen) atoms. The molecular formula is C13H23NO. The summed E-state index contributed by atoms with van der Waals surface area (Å²) in [5.74, 6) is 0.338. The quantitative estimate of drug-likeness (QED) is 0.626. The van der Waals surface area contributed by atoms with Gasteiger partial charge in [-0.25, -0.2) is 0 Å². The van der Waals surface area contributed by atoms with Gasteiger partial charge in [-0.2, -0.15) is 0 Å². The van der Waals surface area contributed by atoms with E-state index < -0.39 is 0 Å². The molecule has 0 radical (unpaired) electrons. The molecule has 0 atom stereocenters. The minimum absolute atomic E-state index is 0.338. The van der Waals surface area contributed by atoms with E-state index in [0.29, 0.717) is 5.78 Å². The maximum absolute atomic E-state index is 11.6. The van der Waals surface area contributed by atoms with E-state index in [2.05, 4.69) is 6.92 Å². The third kappa shape index (κ3) is 3.37. The molecule has 0 fully saturated rings. The van der Waals surface area contributed by atoms with Crippen molar-refractivity contribution in [1.29, 1.82) is 0 Å². The van der Waals surface area contributed by atoms with Crippen molar-refractivity contribution in [2.45, 2.75) is 51.9 Å². The van der Waals surface area contributed by atoms with Gasteiger partial charge in [-0.3, -0.25) is 4.79 Å². The summed E-state index contributed by atoms with van der Waals surface area (Å²) in [5.41, 5.74) is 2.38. The van der Waals surface area contributed by atoms with Crippen molar-refractivity contribution < 1.29 is 4.79 Å². The number of hydrogen-bond donors (Lipinski definition) is 0. The van der Waals surface area contributed by atoms with Crippen molar-refractivity contribution in [2.75, 3.05) is 14.1 Å². The number of carbonyl (C=O) groups excluding carboxylic acids is 1. The Labute approximate surface area is 93.3 Å². The van der Waals surface area contributed by atoms with Gasteiger partial charge in [0.05, 0.1) is 5.70 Å². The standard InChI is InChI=1S/C13H23NO/c1-4-5-6-7-8-11-9-10-12(15)13(11)14(2)3/h4-10H2,1-3H3. The highest BCUT2D eigenvalue weighted by Crippen LogP contribution is 2.28. The highest BCUT2D eigenvalue weighted by atomic mass is 16.1. The van der Waals surface area contributed by atoms with Gasteiger partial charge in [0.2, 0.25) is 0 Å². The highest BCUT2D eigenvalue weighted by molar-refractivity contribution is 5.98. The fraction of sp³-hybridized carbons (Fsp3) is 0.769. The minimum Gasteiger partial charge on any atom is -0.375 e. The molecule has 0 aromatic heterocycles. The summed E-state index contributed by atoms with van der Waals surface area (Å²) in [6, 6.07) is 0. The number of ketones is 1. The molecule has 1 rings (SSSR count). The fourth-order valence-corrected chi connectivity index (χ4v) is 2.27. The number of likely N-dealkylation sites (N-methyl/N-ethyl adjacent to an activating group) is 1. The van der Waals surface area contributed by atoms with Crippen LogP contribution in [0.5, 0.6) is 0 Å². The van der Waals surface area contributed by atoms with Crippen molar-refractivity contribution in [2.24, 2.45) is 0 Å².